The Hall–Kier alpha value is -0.710. The molecular formula is C13H22N2O2S. The van der Waals surface area contributed by atoms with Crippen LogP contribution in [-0.2, 0) is 9.59 Å². The smallest absolute Gasteiger partial charge is 0.248 e. The molecule has 1 aliphatic carbocycles. The summed E-state index contributed by atoms with van der Waals surface area (Å²) in [5, 5.41) is 3.42. The molecule has 2 rings (SSSR count). The molecule has 2 amide bonds. The SMILES string of the molecule is CSC(C)CCN1CC(=O)NC(C)(C2CC2)C1=O. The molecule has 1 saturated carbocycles. The predicted octanol–water partition coefficient (Wildman–Crippen LogP) is 1.26. The number of nitrogens with zero attached hydrogens (tertiary/aromatic N) is 1. The van der Waals surface area contributed by atoms with E-state index in [1.807, 2.05) is 6.92 Å². The second-order valence-corrected chi connectivity index (χ2v) is 6.86. The zero-order chi connectivity index (χ0) is 13.3. The molecule has 102 valence electrons. The summed E-state index contributed by atoms with van der Waals surface area (Å²) in [6.07, 6.45) is 5.12. The van der Waals surface area contributed by atoms with Crippen molar-refractivity contribution in [3.8, 4) is 0 Å². The zero-order valence-corrected chi connectivity index (χ0v) is 12.2. The van der Waals surface area contributed by atoms with Crippen molar-refractivity contribution >= 4 is 23.6 Å². The maximum atomic E-state index is 12.5. The first-order chi connectivity index (χ1) is 8.47. The molecule has 0 aromatic rings. The summed E-state index contributed by atoms with van der Waals surface area (Å²) >= 11 is 1.80. The highest BCUT2D eigenvalue weighted by Gasteiger charge is 2.52. The van der Waals surface area contributed by atoms with Crippen LogP contribution in [0.4, 0.5) is 0 Å². The normalized spacial score (nSPS) is 30.3. The van der Waals surface area contributed by atoms with Gasteiger partial charge in [-0.1, -0.05) is 6.92 Å². The van der Waals surface area contributed by atoms with Crippen molar-refractivity contribution in [3.63, 3.8) is 0 Å². The lowest BCUT2D eigenvalue weighted by Gasteiger charge is -2.40. The zero-order valence-electron chi connectivity index (χ0n) is 11.4. The summed E-state index contributed by atoms with van der Waals surface area (Å²) in [6, 6.07) is 0. The molecule has 0 aromatic heterocycles. The first-order valence-corrected chi connectivity index (χ1v) is 7.89. The standard InChI is InChI=1S/C13H22N2O2S/c1-9(18-3)6-7-15-8-11(16)14-13(2,12(15)17)10-4-5-10/h9-10H,4-8H2,1-3H3,(H,14,16). The van der Waals surface area contributed by atoms with E-state index in [4.69, 9.17) is 0 Å². The van der Waals surface area contributed by atoms with Crippen molar-refractivity contribution in [2.24, 2.45) is 5.92 Å². The van der Waals surface area contributed by atoms with E-state index in [0.717, 1.165) is 19.3 Å². The molecule has 18 heavy (non-hydrogen) atoms. The Labute approximate surface area is 113 Å². The molecular weight excluding hydrogens is 248 g/mol. The monoisotopic (exact) mass is 270 g/mol. The third kappa shape index (κ3) is 2.66. The lowest BCUT2D eigenvalue weighted by atomic mass is 9.91. The average Bonchev–Trinajstić information content (AvgIpc) is 3.15. The summed E-state index contributed by atoms with van der Waals surface area (Å²) < 4.78 is 0. The minimum absolute atomic E-state index is 0.0131. The van der Waals surface area contributed by atoms with Gasteiger partial charge in [0.15, 0.2) is 0 Å². The Morgan fingerprint density at radius 1 is 1.50 bits per heavy atom. The molecule has 1 heterocycles. The summed E-state index contributed by atoms with van der Waals surface area (Å²) in [4.78, 5) is 26.0. The van der Waals surface area contributed by atoms with E-state index in [9.17, 15) is 9.59 Å². The molecule has 0 aromatic carbocycles. The van der Waals surface area contributed by atoms with Crippen LogP contribution >= 0.6 is 11.8 Å². The molecule has 0 radical (unpaired) electrons. The third-order valence-electron chi connectivity index (χ3n) is 4.07. The summed E-state index contributed by atoms with van der Waals surface area (Å²) in [5.74, 6) is 0.438. The molecule has 2 unspecified atom stereocenters. The maximum Gasteiger partial charge on any atom is 0.248 e. The van der Waals surface area contributed by atoms with Gasteiger partial charge in [-0.05, 0) is 38.4 Å². The average molecular weight is 270 g/mol. The van der Waals surface area contributed by atoms with Gasteiger partial charge < -0.3 is 10.2 Å². The molecule has 2 atom stereocenters. The van der Waals surface area contributed by atoms with Crippen LogP contribution in [0.15, 0.2) is 0 Å². The quantitative estimate of drug-likeness (QED) is 0.818. The molecule has 1 N–H and O–H groups in total. The van der Waals surface area contributed by atoms with Gasteiger partial charge in [0.05, 0.1) is 6.54 Å². The van der Waals surface area contributed by atoms with Crippen LogP contribution in [0.25, 0.3) is 0 Å². The highest BCUT2D eigenvalue weighted by Crippen LogP contribution is 2.41. The van der Waals surface area contributed by atoms with E-state index in [1.54, 1.807) is 16.7 Å². The van der Waals surface area contributed by atoms with Gasteiger partial charge in [-0.2, -0.15) is 11.8 Å². The van der Waals surface area contributed by atoms with Gasteiger partial charge in [-0.25, -0.2) is 0 Å². The minimum atomic E-state index is -0.641. The molecule has 0 spiro atoms. The van der Waals surface area contributed by atoms with Crippen LogP contribution in [0.2, 0.25) is 0 Å². The lowest BCUT2D eigenvalue weighted by Crippen LogP contribution is -2.66. The fraction of sp³-hybridized carbons (Fsp3) is 0.846. The number of nitrogens with one attached hydrogen (secondary N) is 1. The van der Waals surface area contributed by atoms with Crippen LogP contribution in [0.3, 0.4) is 0 Å². The number of hydrogen-bond donors (Lipinski definition) is 1. The minimum Gasteiger partial charge on any atom is -0.340 e. The van der Waals surface area contributed by atoms with Crippen LogP contribution < -0.4 is 5.32 Å². The van der Waals surface area contributed by atoms with Crippen molar-refractivity contribution < 1.29 is 9.59 Å². The molecule has 2 aliphatic rings. The number of thioether (sulfide) groups is 1. The van der Waals surface area contributed by atoms with Gasteiger partial charge in [-0.3, -0.25) is 9.59 Å². The highest BCUT2D eigenvalue weighted by atomic mass is 32.2. The summed E-state index contributed by atoms with van der Waals surface area (Å²) in [6.45, 7) is 4.95. The van der Waals surface area contributed by atoms with Gasteiger partial charge in [0.1, 0.15) is 5.54 Å². The van der Waals surface area contributed by atoms with E-state index < -0.39 is 5.54 Å². The Kier molecular flexibility index (Phi) is 3.90. The predicted molar refractivity (Wildman–Crippen MR) is 73.4 cm³/mol. The van der Waals surface area contributed by atoms with Gasteiger partial charge in [0.2, 0.25) is 11.8 Å². The summed E-state index contributed by atoms with van der Waals surface area (Å²) in [5.41, 5.74) is -0.641. The fourth-order valence-electron chi connectivity index (χ4n) is 2.53. The van der Waals surface area contributed by atoms with Crippen LogP contribution in [0, 0.1) is 5.92 Å². The van der Waals surface area contributed by atoms with E-state index >= 15 is 0 Å². The molecule has 5 heteroatoms. The first kappa shape index (κ1) is 13.7. The number of piperazine rings is 1. The summed E-state index contributed by atoms with van der Waals surface area (Å²) in [7, 11) is 0. The van der Waals surface area contributed by atoms with E-state index in [-0.39, 0.29) is 18.4 Å². The van der Waals surface area contributed by atoms with Crippen molar-refractivity contribution in [3.05, 3.63) is 0 Å². The highest BCUT2D eigenvalue weighted by molar-refractivity contribution is 7.99. The molecule has 1 saturated heterocycles. The van der Waals surface area contributed by atoms with Crippen LogP contribution in [0.5, 0.6) is 0 Å². The number of carbonyl (C=O) groups is 2. The van der Waals surface area contributed by atoms with Crippen molar-refractivity contribution in [2.45, 2.75) is 43.9 Å². The molecule has 2 fully saturated rings. The Morgan fingerprint density at radius 2 is 2.17 bits per heavy atom. The van der Waals surface area contributed by atoms with E-state index in [2.05, 4.69) is 18.5 Å². The number of hydrogen-bond acceptors (Lipinski definition) is 3. The van der Waals surface area contributed by atoms with Gasteiger partial charge in [0.25, 0.3) is 0 Å². The van der Waals surface area contributed by atoms with Gasteiger partial charge in [0, 0.05) is 11.8 Å². The van der Waals surface area contributed by atoms with E-state index in [1.165, 1.54) is 0 Å². The second-order valence-electron chi connectivity index (χ2n) is 5.59. The molecule has 1 aliphatic heterocycles. The molecule has 4 nitrogen and oxygen atoms in total. The first-order valence-electron chi connectivity index (χ1n) is 6.60. The van der Waals surface area contributed by atoms with E-state index in [0.29, 0.717) is 17.7 Å². The number of rotatable bonds is 5. The van der Waals surface area contributed by atoms with Crippen molar-refractivity contribution in [1.82, 2.24) is 10.2 Å². The Morgan fingerprint density at radius 3 is 2.72 bits per heavy atom. The second kappa shape index (κ2) is 5.11. The van der Waals surface area contributed by atoms with Crippen molar-refractivity contribution in [2.75, 3.05) is 19.3 Å². The lowest BCUT2D eigenvalue weighted by molar-refractivity contribution is -0.150. The number of amides is 2. The maximum absolute atomic E-state index is 12.5. The van der Waals surface area contributed by atoms with Gasteiger partial charge in [-0.15, -0.1) is 0 Å². The molecule has 0 bridgehead atoms. The van der Waals surface area contributed by atoms with Crippen LogP contribution in [-0.4, -0.2) is 46.8 Å². The largest absolute Gasteiger partial charge is 0.340 e. The van der Waals surface area contributed by atoms with Crippen LogP contribution in [0.1, 0.15) is 33.1 Å². The Balaban J connectivity index is 2.01. The Bertz CT molecular complexity index is 357. The van der Waals surface area contributed by atoms with Crippen molar-refractivity contribution in [1.29, 1.82) is 0 Å². The number of carbonyl (C=O) groups excluding carboxylic acids is 2. The fourth-order valence-corrected chi connectivity index (χ4v) is 2.87. The third-order valence-corrected chi connectivity index (χ3v) is 5.11. The van der Waals surface area contributed by atoms with Gasteiger partial charge >= 0.3 is 0 Å². The topological polar surface area (TPSA) is 49.4 Å².